The molecule has 1 saturated heterocycles. The molecule has 7 nitrogen and oxygen atoms in total. The lowest BCUT2D eigenvalue weighted by molar-refractivity contribution is 0.102. The van der Waals surface area contributed by atoms with Crippen LogP contribution in [-0.2, 0) is 0 Å². The van der Waals surface area contributed by atoms with Crippen molar-refractivity contribution in [3.8, 4) is 5.69 Å². The lowest BCUT2D eigenvalue weighted by Crippen LogP contribution is -2.44. The SMILES string of the molecule is Cc1ccc(-n2nc(C)c(C(=O)Nc3ccc(N4CCN(C)CC4)cc3C)n2)c(C)c1. The van der Waals surface area contributed by atoms with Crippen molar-refractivity contribution in [3.63, 3.8) is 0 Å². The van der Waals surface area contributed by atoms with Crippen molar-refractivity contribution in [1.29, 1.82) is 0 Å². The molecule has 1 aliphatic rings. The fourth-order valence-corrected chi connectivity index (χ4v) is 3.96. The number of hydrogen-bond donors (Lipinski definition) is 1. The summed E-state index contributed by atoms with van der Waals surface area (Å²) in [5.41, 5.74) is 7.08. The van der Waals surface area contributed by atoms with Crippen molar-refractivity contribution >= 4 is 17.3 Å². The van der Waals surface area contributed by atoms with Gasteiger partial charge in [0.15, 0.2) is 5.69 Å². The zero-order chi connectivity index (χ0) is 22.1. The Morgan fingerprint density at radius 2 is 1.65 bits per heavy atom. The molecule has 0 bridgehead atoms. The molecule has 4 rings (SSSR count). The van der Waals surface area contributed by atoms with Crippen LogP contribution < -0.4 is 10.2 Å². The van der Waals surface area contributed by atoms with Crippen LogP contribution in [0.4, 0.5) is 11.4 Å². The van der Waals surface area contributed by atoms with Gasteiger partial charge in [-0.25, -0.2) is 0 Å². The van der Waals surface area contributed by atoms with E-state index in [1.54, 1.807) is 4.80 Å². The van der Waals surface area contributed by atoms with Gasteiger partial charge in [0.25, 0.3) is 5.91 Å². The minimum absolute atomic E-state index is 0.246. The number of anilines is 2. The topological polar surface area (TPSA) is 66.3 Å². The second-order valence-electron chi connectivity index (χ2n) is 8.46. The highest BCUT2D eigenvalue weighted by molar-refractivity contribution is 6.04. The first kappa shape index (κ1) is 21.1. The summed E-state index contributed by atoms with van der Waals surface area (Å²) in [5, 5.41) is 12.0. The molecule has 162 valence electrons. The van der Waals surface area contributed by atoms with E-state index in [2.05, 4.69) is 57.5 Å². The predicted octanol–water partition coefficient (Wildman–Crippen LogP) is 3.51. The van der Waals surface area contributed by atoms with Gasteiger partial charge in [0.1, 0.15) is 0 Å². The number of amides is 1. The van der Waals surface area contributed by atoms with E-state index in [-0.39, 0.29) is 5.91 Å². The van der Waals surface area contributed by atoms with Gasteiger partial charge in [0, 0.05) is 37.6 Å². The zero-order valence-corrected chi connectivity index (χ0v) is 18.9. The number of benzene rings is 2. The smallest absolute Gasteiger partial charge is 0.278 e. The van der Waals surface area contributed by atoms with Crippen LogP contribution in [0.1, 0.15) is 32.9 Å². The molecule has 2 heterocycles. The minimum Gasteiger partial charge on any atom is -0.369 e. The fourth-order valence-electron chi connectivity index (χ4n) is 3.96. The highest BCUT2D eigenvalue weighted by Crippen LogP contribution is 2.24. The summed E-state index contributed by atoms with van der Waals surface area (Å²) in [5.74, 6) is -0.246. The third kappa shape index (κ3) is 4.46. The molecule has 3 aromatic rings. The van der Waals surface area contributed by atoms with E-state index in [9.17, 15) is 4.79 Å². The molecular formula is C24H30N6O. The normalized spacial score (nSPS) is 14.7. The molecule has 0 radical (unpaired) electrons. The van der Waals surface area contributed by atoms with Crippen LogP contribution in [0, 0.1) is 27.7 Å². The van der Waals surface area contributed by atoms with Gasteiger partial charge in [0.05, 0.1) is 11.4 Å². The second kappa shape index (κ2) is 8.51. The Morgan fingerprint density at radius 3 is 2.32 bits per heavy atom. The summed E-state index contributed by atoms with van der Waals surface area (Å²) in [4.78, 5) is 19.2. The van der Waals surface area contributed by atoms with Gasteiger partial charge in [-0.15, -0.1) is 5.10 Å². The summed E-state index contributed by atoms with van der Waals surface area (Å²) < 4.78 is 0. The number of aromatic nitrogens is 3. The molecule has 1 aliphatic heterocycles. The summed E-state index contributed by atoms with van der Waals surface area (Å²) in [6, 6.07) is 12.3. The molecule has 1 amide bonds. The lowest BCUT2D eigenvalue weighted by atomic mass is 10.1. The zero-order valence-electron chi connectivity index (χ0n) is 18.9. The number of nitrogens with zero attached hydrogens (tertiary/aromatic N) is 5. The number of nitrogens with one attached hydrogen (secondary N) is 1. The number of rotatable bonds is 4. The lowest BCUT2D eigenvalue weighted by Gasteiger charge is -2.34. The van der Waals surface area contributed by atoms with Gasteiger partial charge in [-0.1, -0.05) is 17.7 Å². The molecule has 0 unspecified atom stereocenters. The minimum atomic E-state index is -0.246. The monoisotopic (exact) mass is 418 g/mol. The van der Waals surface area contributed by atoms with Gasteiger partial charge in [-0.2, -0.15) is 9.90 Å². The molecule has 0 saturated carbocycles. The molecule has 31 heavy (non-hydrogen) atoms. The van der Waals surface area contributed by atoms with Crippen LogP contribution in [-0.4, -0.2) is 59.0 Å². The van der Waals surface area contributed by atoms with Crippen LogP contribution in [0.25, 0.3) is 5.69 Å². The quantitative estimate of drug-likeness (QED) is 0.702. The highest BCUT2D eigenvalue weighted by atomic mass is 16.2. The van der Waals surface area contributed by atoms with Crippen LogP contribution >= 0.6 is 0 Å². The van der Waals surface area contributed by atoms with Gasteiger partial charge in [-0.3, -0.25) is 4.79 Å². The summed E-state index contributed by atoms with van der Waals surface area (Å²) >= 11 is 0. The first-order chi connectivity index (χ1) is 14.8. The summed E-state index contributed by atoms with van der Waals surface area (Å²) in [6.45, 7) is 12.1. The van der Waals surface area contributed by atoms with Gasteiger partial charge < -0.3 is 15.1 Å². The molecule has 7 heteroatoms. The van der Waals surface area contributed by atoms with E-state index in [1.165, 1.54) is 11.3 Å². The highest BCUT2D eigenvalue weighted by Gasteiger charge is 2.19. The summed E-state index contributed by atoms with van der Waals surface area (Å²) in [7, 11) is 2.15. The van der Waals surface area contributed by atoms with Crippen molar-refractivity contribution < 1.29 is 4.79 Å². The molecule has 2 aromatic carbocycles. The van der Waals surface area contributed by atoms with Crippen molar-refractivity contribution in [2.45, 2.75) is 27.7 Å². The van der Waals surface area contributed by atoms with Gasteiger partial charge in [0.2, 0.25) is 0 Å². The third-order valence-corrected chi connectivity index (χ3v) is 5.89. The molecule has 1 aromatic heterocycles. The van der Waals surface area contributed by atoms with Gasteiger partial charge in [-0.05, 0) is 70.1 Å². The average Bonchev–Trinajstić information content (AvgIpc) is 3.11. The van der Waals surface area contributed by atoms with E-state index in [4.69, 9.17) is 0 Å². The third-order valence-electron chi connectivity index (χ3n) is 5.89. The molecule has 1 N–H and O–H groups in total. The largest absolute Gasteiger partial charge is 0.369 e. The van der Waals surface area contributed by atoms with E-state index in [1.807, 2.05) is 39.0 Å². The maximum Gasteiger partial charge on any atom is 0.278 e. The molecule has 0 aliphatic carbocycles. The van der Waals surface area contributed by atoms with Gasteiger partial charge >= 0.3 is 0 Å². The number of aryl methyl sites for hydroxylation is 4. The first-order valence-electron chi connectivity index (χ1n) is 10.7. The maximum atomic E-state index is 13.0. The Labute approximate surface area is 183 Å². The second-order valence-corrected chi connectivity index (χ2v) is 8.46. The van der Waals surface area contributed by atoms with Crippen LogP contribution in [0.5, 0.6) is 0 Å². The molecule has 0 atom stereocenters. The van der Waals surface area contributed by atoms with Crippen LogP contribution in [0.15, 0.2) is 36.4 Å². The fraction of sp³-hybridized carbons (Fsp3) is 0.375. The Morgan fingerprint density at radius 1 is 0.903 bits per heavy atom. The predicted molar refractivity (Wildman–Crippen MR) is 124 cm³/mol. The number of carbonyl (C=O) groups is 1. The molecular weight excluding hydrogens is 388 g/mol. The van der Waals surface area contributed by atoms with E-state index < -0.39 is 0 Å². The number of hydrogen-bond acceptors (Lipinski definition) is 5. The van der Waals surface area contributed by atoms with Crippen molar-refractivity contribution in [2.24, 2.45) is 0 Å². The number of carbonyl (C=O) groups excluding carboxylic acids is 1. The van der Waals surface area contributed by atoms with E-state index in [0.717, 1.165) is 48.7 Å². The summed E-state index contributed by atoms with van der Waals surface area (Å²) in [6.07, 6.45) is 0. The van der Waals surface area contributed by atoms with Crippen molar-refractivity contribution in [2.75, 3.05) is 43.4 Å². The van der Waals surface area contributed by atoms with Crippen LogP contribution in [0.2, 0.25) is 0 Å². The van der Waals surface area contributed by atoms with E-state index in [0.29, 0.717) is 11.4 Å². The standard InChI is InChI=1S/C24H30N6O/c1-16-6-9-22(18(3)14-16)30-26-19(4)23(27-30)24(31)25-21-8-7-20(15-17(21)2)29-12-10-28(5)11-13-29/h6-9,14-15H,10-13H2,1-5H3,(H,25,31). The van der Waals surface area contributed by atoms with Crippen LogP contribution in [0.3, 0.4) is 0 Å². The Kier molecular flexibility index (Phi) is 5.78. The number of piperazine rings is 1. The first-order valence-corrected chi connectivity index (χ1v) is 10.7. The average molecular weight is 419 g/mol. The Bertz CT molecular complexity index is 1110. The maximum absolute atomic E-state index is 13.0. The van der Waals surface area contributed by atoms with E-state index >= 15 is 0 Å². The van der Waals surface area contributed by atoms with Crippen molar-refractivity contribution in [3.05, 3.63) is 64.5 Å². The Hall–Kier alpha value is -3.19. The Balaban J connectivity index is 1.51. The van der Waals surface area contributed by atoms with Crippen molar-refractivity contribution in [1.82, 2.24) is 19.9 Å². The molecule has 1 fully saturated rings. The number of likely N-dealkylation sites (N-methyl/N-ethyl adjacent to an activating group) is 1. The molecule has 0 spiro atoms.